The number of carbonyl (C=O) groups excluding carboxylic acids is 2. The molecular weight excluding hydrogens is 358 g/mol. The number of aryl methyl sites for hydroxylation is 1. The zero-order valence-corrected chi connectivity index (χ0v) is 15.3. The fourth-order valence-corrected chi connectivity index (χ4v) is 3.04. The molecule has 142 valence electrons. The molecule has 4 rings (SSSR count). The van der Waals surface area contributed by atoms with Crippen molar-refractivity contribution in [2.24, 2.45) is 0 Å². The quantitative estimate of drug-likeness (QED) is 0.732. The van der Waals surface area contributed by atoms with Gasteiger partial charge in [-0.2, -0.15) is 0 Å². The lowest BCUT2D eigenvalue weighted by Crippen LogP contribution is -2.37. The molecule has 1 aromatic heterocycles. The molecule has 9 nitrogen and oxygen atoms in total. The predicted molar refractivity (Wildman–Crippen MR) is 103 cm³/mol. The number of amides is 3. The molecule has 0 aliphatic carbocycles. The van der Waals surface area contributed by atoms with Gasteiger partial charge in [-0.15, -0.1) is 5.10 Å². The number of anilines is 2. The third kappa shape index (κ3) is 3.68. The van der Waals surface area contributed by atoms with Gasteiger partial charge >= 0.3 is 6.03 Å². The Morgan fingerprint density at radius 3 is 2.43 bits per heavy atom. The summed E-state index contributed by atoms with van der Waals surface area (Å²) >= 11 is 0. The number of nitrogens with one attached hydrogen (secondary N) is 1. The summed E-state index contributed by atoms with van der Waals surface area (Å²) in [5, 5.41) is 13.8. The van der Waals surface area contributed by atoms with E-state index in [4.69, 9.17) is 0 Å². The Hall–Kier alpha value is -3.75. The van der Waals surface area contributed by atoms with Crippen LogP contribution in [0, 0.1) is 6.92 Å². The van der Waals surface area contributed by atoms with E-state index in [9.17, 15) is 9.59 Å². The highest BCUT2D eigenvalue weighted by Gasteiger charge is 2.30. The number of hydrogen-bond acceptors (Lipinski definition) is 5. The number of benzene rings is 2. The summed E-state index contributed by atoms with van der Waals surface area (Å²) in [6, 6.07) is 14.7. The molecule has 0 atom stereocenters. The largest absolute Gasteiger partial charge is 0.325 e. The van der Waals surface area contributed by atoms with Crippen molar-refractivity contribution in [3.8, 4) is 5.69 Å². The lowest BCUT2D eigenvalue weighted by Gasteiger charge is -2.18. The van der Waals surface area contributed by atoms with Gasteiger partial charge in [0.15, 0.2) is 0 Å². The molecule has 2 aromatic carbocycles. The highest BCUT2D eigenvalue weighted by atomic mass is 16.2. The summed E-state index contributed by atoms with van der Waals surface area (Å²) in [6.45, 7) is 3.09. The minimum atomic E-state index is -0.241. The molecule has 0 bridgehead atoms. The van der Waals surface area contributed by atoms with E-state index in [1.165, 1.54) is 11.0 Å². The van der Waals surface area contributed by atoms with E-state index in [0.717, 1.165) is 16.9 Å². The Morgan fingerprint density at radius 2 is 1.75 bits per heavy atom. The van der Waals surface area contributed by atoms with Crippen molar-refractivity contribution in [1.82, 2.24) is 25.1 Å². The van der Waals surface area contributed by atoms with Crippen molar-refractivity contribution in [2.45, 2.75) is 6.92 Å². The number of hydrogen-bond donors (Lipinski definition) is 1. The molecule has 1 fully saturated rings. The molecule has 1 aliphatic rings. The van der Waals surface area contributed by atoms with Gasteiger partial charge in [0.1, 0.15) is 12.9 Å². The van der Waals surface area contributed by atoms with E-state index in [2.05, 4.69) is 20.8 Å². The SMILES string of the molecule is Cc1ccc(N2CCN(CC(=O)Nc3ccc(-n4cnnn4)cc3)C2=O)cc1. The minimum absolute atomic E-state index is 0.00986. The zero-order valence-electron chi connectivity index (χ0n) is 15.3. The van der Waals surface area contributed by atoms with E-state index in [1.807, 2.05) is 31.2 Å². The molecule has 1 aliphatic heterocycles. The molecule has 28 heavy (non-hydrogen) atoms. The molecule has 0 radical (unpaired) electrons. The topological polar surface area (TPSA) is 96.2 Å². The maximum absolute atomic E-state index is 12.6. The monoisotopic (exact) mass is 377 g/mol. The van der Waals surface area contributed by atoms with Gasteiger partial charge in [0.2, 0.25) is 5.91 Å². The van der Waals surface area contributed by atoms with Crippen molar-refractivity contribution in [1.29, 1.82) is 0 Å². The number of rotatable bonds is 5. The van der Waals surface area contributed by atoms with Gasteiger partial charge in [-0.05, 0) is 53.7 Å². The van der Waals surface area contributed by atoms with Gasteiger partial charge < -0.3 is 10.2 Å². The molecule has 3 amide bonds. The van der Waals surface area contributed by atoms with E-state index >= 15 is 0 Å². The average molecular weight is 377 g/mol. The maximum atomic E-state index is 12.6. The van der Waals surface area contributed by atoms with Crippen LogP contribution in [-0.2, 0) is 4.79 Å². The molecule has 1 N–H and O–H groups in total. The zero-order chi connectivity index (χ0) is 19.5. The lowest BCUT2D eigenvalue weighted by molar-refractivity contribution is -0.116. The van der Waals surface area contributed by atoms with E-state index in [0.29, 0.717) is 18.8 Å². The van der Waals surface area contributed by atoms with Crippen LogP contribution < -0.4 is 10.2 Å². The summed E-state index contributed by atoms with van der Waals surface area (Å²) in [6.07, 6.45) is 1.49. The van der Waals surface area contributed by atoms with Gasteiger partial charge in [0.05, 0.1) is 5.69 Å². The van der Waals surface area contributed by atoms with Crippen LogP contribution in [-0.4, -0.2) is 56.7 Å². The second-order valence-electron chi connectivity index (χ2n) is 6.54. The van der Waals surface area contributed by atoms with Gasteiger partial charge in [-0.1, -0.05) is 17.7 Å². The number of nitrogens with zero attached hydrogens (tertiary/aromatic N) is 6. The van der Waals surface area contributed by atoms with Crippen molar-refractivity contribution < 1.29 is 9.59 Å². The van der Waals surface area contributed by atoms with Crippen LogP contribution >= 0.6 is 0 Å². The third-order valence-electron chi connectivity index (χ3n) is 4.54. The molecule has 3 aromatic rings. The van der Waals surface area contributed by atoms with Gasteiger partial charge in [-0.25, -0.2) is 9.48 Å². The van der Waals surface area contributed by atoms with Crippen LogP contribution in [0.4, 0.5) is 16.2 Å². The minimum Gasteiger partial charge on any atom is -0.325 e. The Morgan fingerprint density at radius 1 is 1.04 bits per heavy atom. The average Bonchev–Trinajstić information content (AvgIpc) is 3.34. The lowest BCUT2D eigenvalue weighted by atomic mass is 10.2. The third-order valence-corrected chi connectivity index (χ3v) is 4.54. The van der Waals surface area contributed by atoms with Crippen LogP contribution in [0.5, 0.6) is 0 Å². The number of tetrazole rings is 1. The van der Waals surface area contributed by atoms with Crippen LogP contribution in [0.25, 0.3) is 5.69 Å². The summed E-state index contributed by atoms with van der Waals surface area (Å²) in [7, 11) is 0. The second kappa shape index (κ2) is 7.47. The maximum Gasteiger partial charge on any atom is 0.325 e. The number of urea groups is 1. The van der Waals surface area contributed by atoms with Crippen LogP contribution in [0.1, 0.15) is 5.56 Å². The molecular formula is C19H19N7O2. The van der Waals surface area contributed by atoms with Crippen molar-refractivity contribution >= 4 is 23.3 Å². The van der Waals surface area contributed by atoms with Crippen LogP contribution in [0.2, 0.25) is 0 Å². The molecule has 2 heterocycles. The van der Waals surface area contributed by atoms with Crippen molar-refractivity contribution in [2.75, 3.05) is 29.9 Å². The van der Waals surface area contributed by atoms with Gasteiger partial charge in [0.25, 0.3) is 0 Å². The summed E-state index contributed by atoms with van der Waals surface area (Å²) in [4.78, 5) is 28.2. The predicted octanol–water partition coefficient (Wildman–Crippen LogP) is 1.85. The Kier molecular flexibility index (Phi) is 4.71. The second-order valence-corrected chi connectivity index (χ2v) is 6.54. The molecule has 0 spiro atoms. The fourth-order valence-electron chi connectivity index (χ4n) is 3.04. The molecule has 9 heteroatoms. The summed E-state index contributed by atoms with van der Waals surface area (Å²) in [5.41, 5.74) is 3.41. The number of carbonyl (C=O) groups is 2. The molecule has 0 saturated carbocycles. The van der Waals surface area contributed by atoms with Crippen LogP contribution in [0.15, 0.2) is 54.9 Å². The first-order chi connectivity index (χ1) is 13.6. The molecule has 1 saturated heterocycles. The first-order valence-electron chi connectivity index (χ1n) is 8.86. The summed E-state index contributed by atoms with van der Waals surface area (Å²) < 4.78 is 1.52. The Bertz CT molecular complexity index is 969. The van der Waals surface area contributed by atoms with Crippen molar-refractivity contribution in [3.63, 3.8) is 0 Å². The van der Waals surface area contributed by atoms with E-state index < -0.39 is 0 Å². The van der Waals surface area contributed by atoms with Crippen LogP contribution in [0.3, 0.4) is 0 Å². The Balaban J connectivity index is 1.35. The Labute approximate surface area is 161 Å². The highest BCUT2D eigenvalue weighted by Crippen LogP contribution is 2.21. The standard InChI is InChI=1S/C19H19N7O2/c1-14-2-6-16(7-3-14)25-11-10-24(19(25)28)12-18(27)21-15-4-8-17(9-5-15)26-13-20-22-23-26/h2-9,13H,10-12H2,1H3,(H,21,27). The fraction of sp³-hybridized carbons (Fsp3) is 0.211. The van der Waals surface area contributed by atoms with E-state index in [1.54, 1.807) is 34.1 Å². The first-order valence-corrected chi connectivity index (χ1v) is 8.86. The normalized spacial score (nSPS) is 13.8. The summed E-state index contributed by atoms with van der Waals surface area (Å²) in [5.74, 6) is -0.241. The molecule has 0 unspecified atom stereocenters. The van der Waals surface area contributed by atoms with E-state index in [-0.39, 0.29) is 18.5 Å². The first kappa shape index (κ1) is 17.7. The highest BCUT2D eigenvalue weighted by molar-refractivity contribution is 5.99. The smallest absolute Gasteiger partial charge is 0.325 e. The number of aromatic nitrogens is 4. The van der Waals surface area contributed by atoms with Gasteiger partial charge in [0, 0.05) is 24.5 Å². The van der Waals surface area contributed by atoms with Crippen molar-refractivity contribution in [3.05, 3.63) is 60.4 Å². The van der Waals surface area contributed by atoms with Gasteiger partial charge in [-0.3, -0.25) is 9.69 Å².